The highest BCUT2D eigenvalue weighted by atomic mass is 32.1. The third-order valence-corrected chi connectivity index (χ3v) is 5.22. The van der Waals surface area contributed by atoms with Gasteiger partial charge in [-0.3, -0.25) is 4.79 Å². The highest BCUT2D eigenvalue weighted by molar-refractivity contribution is 7.12. The van der Waals surface area contributed by atoms with Crippen LogP contribution >= 0.6 is 11.3 Å². The zero-order chi connectivity index (χ0) is 17.1. The van der Waals surface area contributed by atoms with Gasteiger partial charge in [-0.1, -0.05) is 38.5 Å². The molecule has 0 radical (unpaired) electrons. The first kappa shape index (κ1) is 16.7. The maximum absolute atomic E-state index is 12.4. The van der Waals surface area contributed by atoms with Crippen molar-refractivity contribution >= 4 is 28.3 Å². The van der Waals surface area contributed by atoms with E-state index < -0.39 is 0 Å². The summed E-state index contributed by atoms with van der Waals surface area (Å²) in [6.07, 6.45) is 1.11. The lowest BCUT2D eigenvalue weighted by molar-refractivity contribution is 0.0941. The van der Waals surface area contributed by atoms with E-state index in [1.807, 2.05) is 42.6 Å². The molecule has 2 heterocycles. The van der Waals surface area contributed by atoms with Gasteiger partial charge in [0, 0.05) is 6.54 Å². The van der Waals surface area contributed by atoms with Gasteiger partial charge in [0.05, 0.1) is 22.0 Å². The van der Waals surface area contributed by atoms with Gasteiger partial charge in [0.2, 0.25) is 0 Å². The molecule has 0 aliphatic rings. The van der Waals surface area contributed by atoms with E-state index in [4.69, 9.17) is 4.98 Å². The van der Waals surface area contributed by atoms with E-state index in [0.717, 1.165) is 34.7 Å². The topological polar surface area (TPSA) is 46.9 Å². The van der Waals surface area contributed by atoms with Crippen molar-refractivity contribution in [2.75, 3.05) is 0 Å². The zero-order valence-electron chi connectivity index (χ0n) is 14.3. The van der Waals surface area contributed by atoms with Crippen LogP contribution in [-0.4, -0.2) is 15.5 Å². The molecule has 1 amide bonds. The molecule has 0 aliphatic carbocycles. The van der Waals surface area contributed by atoms with Crippen LogP contribution in [-0.2, 0) is 6.54 Å². The summed E-state index contributed by atoms with van der Waals surface area (Å²) in [6.45, 7) is 7.35. The van der Waals surface area contributed by atoms with E-state index in [2.05, 4.69) is 29.8 Å². The van der Waals surface area contributed by atoms with Crippen LogP contribution in [0.2, 0.25) is 0 Å². The van der Waals surface area contributed by atoms with E-state index in [9.17, 15) is 4.79 Å². The predicted molar refractivity (Wildman–Crippen MR) is 99.4 cm³/mol. The number of hydrogen-bond donors (Lipinski definition) is 1. The first-order valence-electron chi connectivity index (χ1n) is 8.39. The maximum atomic E-state index is 12.4. The Kier molecular flexibility index (Phi) is 5.00. The summed E-state index contributed by atoms with van der Waals surface area (Å²) in [7, 11) is 0. The van der Waals surface area contributed by atoms with Crippen molar-refractivity contribution in [2.45, 2.75) is 39.8 Å². The van der Waals surface area contributed by atoms with Crippen LogP contribution in [0.4, 0.5) is 0 Å². The number of rotatable bonds is 6. The van der Waals surface area contributed by atoms with Crippen LogP contribution in [0.3, 0.4) is 0 Å². The van der Waals surface area contributed by atoms with E-state index in [1.165, 1.54) is 11.3 Å². The van der Waals surface area contributed by atoms with Crippen LogP contribution in [0.15, 0.2) is 41.8 Å². The van der Waals surface area contributed by atoms with Gasteiger partial charge in [0.15, 0.2) is 0 Å². The van der Waals surface area contributed by atoms with Gasteiger partial charge in [-0.05, 0) is 36.4 Å². The molecule has 3 rings (SSSR count). The number of carbonyl (C=O) groups is 1. The number of benzene rings is 1. The van der Waals surface area contributed by atoms with Crippen molar-refractivity contribution in [3.05, 3.63) is 52.5 Å². The minimum atomic E-state index is -0.143. The molecule has 2 unspecified atom stereocenters. The van der Waals surface area contributed by atoms with E-state index >= 15 is 0 Å². The van der Waals surface area contributed by atoms with Crippen molar-refractivity contribution in [2.24, 2.45) is 5.92 Å². The molecule has 5 heteroatoms. The minimum Gasteiger partial charge on any atom is -0.342 e. The lowest BCUT2D eigenvalue weighted by atomic mass is 10.1. The fourth-order valence-corrected chi connectivity index (χ4v) is 3.42. The fourth-order valence-electron chi connectivity index (χ4n) is 2.80. The molecule has 2 aromatic heterocycles. The van der Waals surface area contributed by atoms with Crippen LogP contribution < -0.4 is 5.32 Å². The van der Waals surface area contributed by atoms with E-state index in [1.54, 1.807) is 0 Å². The molecular formula is C19H23N3OS. The second-order valence-corrected chi connectivity index (χ2v) is 7.20. The van der Waals surface area contributed by atoms with Gasteiger partial charge < -0.3 is 9.88 Å². The summed E-state index contributed by atoms with van der Waals surface area (Å²) in [5.41, 5.74) is 2.11. The van der Waals surface area contributed by atoms with Crippen molar-refractivity contribution in [1.82, 2.24) is 14.9 Å². The van der Waals surface area contributed by atoms with Crippen LogP contribution in [0.5, 0.6) is 0 Å². The molecular weight excluding hydrogens is 318 g/mol. The van der Waals surface area contributed by atoms with Crippen molar-refractivity contribution in [1.29, 1.82) is 0 Å². The monoisotopic (exact) mass is 341 g/mol. The van der Waals surface area contributed by atoms with Crippen LogP contribution in [0, 0.1) is 5.92 Å². The van der Waals surface area contributed by atoms with Gasteiger partial charge in [-0.15, -0.1) is 11.3 Å². The largest absolute Gasteiger partial charge is 0.342 e. The molecule has 3 aromatic rings. The van der Waals surface area contributed by atoms with Gasteiger partial charge in [0.25, 0.3) is 5.91 Å². The highest BCUT2D eigenvalue weighted by Gasteiger charge is 2.20. The Hall–Kier alpha value is -2.14. The summed E-state index contributed by atoms with van der Waals surface area (Å²) >= 11 is 1.45. The quantitative estimate of drug-likeness (QED) is 0.710. The molecule has 4 nitrogen and oxygen atoms in total. The second-order valence-electron chi connectivity index (χ2n) is 6.26. The van der Waals surface area contributed by atoms with Gasteiger partial charge >= 0.3 is 0 Å². The number of amides is 1. The van der Waals surface area contributed by atoms with E-state index in [0.29, 0.717) is 5.92 Å². The summed E-state index contributed by atoms with van der Waals surface area (Å²) in [4.78, 5) is 17.9. The number of fused-ring (bicyclic) bond motifs is 1. The molecule has 0 bridgehead atoms. The zero-order valence-corrected chi connectivity index (χ0v) is 15.1. The molecule has 1 aromatic carbocycles. The van der Waals surface area contributed by atoms with Gasteiger partial charge in [-0.2, -0.15) is 0 Å². The summed E-state index contributed by atoms with van der Waals surface area (Å²) in [5, 5.41) is 4.99. The molecule has 1 N–H and O–H groups in total. The number of nitrogens with zero attached hydrogens (tertiary/aromatic N) is 2. The number of carbonyl (C=O) groups excluding carboxylic acids is 1. The number of para-hydroxylation sites is 2. The third-order valence-electron chi connectivity index (χ3n) is 4.36. The summed E-state index contributed by atoms with van der Waals surface area (Å²) in [5.74, 6) is 1.43. The fraction of sp³-hybridized carbons (Fsp3) is 0.368. The van der Waals surface area contributed by atoms with Gasteiger partial charge in [-0.25, -0.2) is 4.98 Å². The summed E-state index contributed by atoms with van der Waals surface area (Å²) < 4.78 is 2.25. The Labute approximate surface area is 146 Å². The smallest absolute Gasteiger partial charge is 0.261 e. The average Bonchev–Trinajstić information content (AvgIpc) is 3.23. The summed E-state index contributed by atoms with van der Waals surface area (Å²) in [6, 6.07) is 11.8. The van der Waals surface area contributed by atoms with Gasteiger partial charge in [0.1, 0.15) is 5.82 Å². The molecule has 2 atom stereocenters. The highest BCUT2D eigenvalue weighted by Crippen LogP contribution is 2.23. The van der Waals surface area contributed by atoms with Crippen molar-refractivity contribution < 1.29 is 4.79 Å². The molecule has 126 valence electrons. The number of thiophene rings is 1. The second kappa shape index (κ2) is 7.18. The van der Waals surface area contributed by atoms with Crippen molar-refractivity contribution in [3.8, 4) is 0 Å². The lowest BCUT2D eigenvalue weighted by Crippen LogP contribution is -2.28. The minimum absolute atomic E-state index is 0.0420. The Bertz CT molecular complexity index is 822. The van der Waals surface area contributed by atoms with Crippen molar-refractivity contribution in [3.63, 3.8) is 0 Å². The first-order chi connectivity index (χ1) is 11.6. The molecule has 0 fully saturated rings. The normalized spacial score (nSPS) is 13.8. The average molecular weight is 341 g/mol. The molecule has 0 aliphatic heterocycles. The number of nitrogens with one attached hydrogen (secondary N) is 1. The molecule has 24 heavy (non-hydrogen) atoms. The first-order valence-corrected chi connectivity index (χ1v) is 9.27. The molecule has 0 saturated carbocycles. The Balaban J connectivity index is 1.92. The Morgan fingerprint density at radius 1 is 1.25 bits per heavy atom. The third kappa shape index (κ3) is 3.36. The van der Waals surface area contributed by atoms with E-state index in [-0.39, 0.29) is 11.9 Å². The lowest BCUT2D eigenvalue weighted by Gasteiger charge is -2.18. The molecule has 0 saturated heterocycles. The maximum Gasteiger partial charge on any atom is 0.261 e. The predicted octanol–water partition coefficient (Wildman–Crippen LogP) is 4.63. The Morgan fingerprint density at radius 2 is 2.04 bits per heavy atom. The number of aromatic nitrogens is 2. The van der Waals surface area contributed by atoms with Crippen LogP contribution in [0.1, 0.15) is 48.7 Å². The van der Waals surface area contributed by atoms with Crippen LogP contribution in [0.25, 0.3) is 11.0 Å². The number of imidazole rings is 1. The molecule has 0 spiro atoms. The Morgan fingerprint density at radius 3 is 2.75 bits per heavy atom. The number of hydrogen-bond acceptors (Lipinski definition) is 3. The SMILES string of the molecule is CCC(C)Cn1c(C(C)NC(=O)c2cccs2)nc2ccccc21. The standard InChI is InChI=1S/C19H23N3OS/c1-4-13(2)12-22-16-9-6-5-8-15(16)21-18(22)14(3)20-19(23)17-10-7-11-24-17/h5-11,13-14H,4,12H2,1-3H3,(H,20,23).